The van der Waals surface area contributed by atoms with Crippen molar-refractivity contribution in [2.24, 2.45) is 0 Å². The summed E-state index contributed by atoms with van der Waals surface area (Å²) in [4.78, 5) is 11.2. The lowest BCUT2D eigenvalue weighted by atomic mass is 10.1. The number of carbonyl (C=O) groups is 1. The summed E-state index contributed by atoms with van der Waals surface area (Å²) in [6, 6.07) is 8.03. The second-order valence-electron chi connectivity index (χ2n) is 4.97. The summed E-state index contributed by atoms with van der Waals surface area (Å²) in [7, 11) is 0. The summed E-state index contributed by atoms with van der Waals surface area (Å²) >= 11 is 0. The Hall–Kier alpha value is -1.36. The first-order chi connectivity index (χ1) is 8.74. The van der Waals surface area contributed by atoms with E-state index in [-0.39, 0.29) is 18.1 Å². The Balaban J connectivity index is 0.00000133. The van der Waals surface area contributed by atoms with Crippen LogP contribution < -0.4 is 10.6 Å². The fourth-order valence-corrected chi connectivity index (χ4v) is 2.69. The van der Waals surface area contributed by atoms with Gasteiger partial charge in [0.25, 0.3) is 0 Å². The first-order valence-corrected chi connectivity index (χ1v) is 6.26. The number of nitrogens with one attached hydrogen (secondary N) is 2. The van der Waals surface area contributed by atoms with Gasteiger partial charge in [0.05, 0.1) is 5.52 Å². The zero-order valence-corrected chi connectivity index (χ0v) is 11.7. The summed E-state index contributed by atoms with van der Waals surface area (Å²) in [5.74, 6) is 0. The van der Waals surface area contributed by atoms with Gasteiger partial charge in [0.2, 0.25) is 0 Å². The summed E-state index contributed by atoms with van der Waals surface area (Å²) in [6.07, 6.45) is 2.87. The number of halogens is 1. The maximum atomic E-state index is 11.2. The highest BCUT2D eigenvalue weighted by atomic mass is 35.5. The van der Waals surface area contributed by atoms with E-state index in [1.165, 1.54) is 0 Å². The van der Waals surface area contributed by atoms with Crippen LogP contribution >= 0.6 is 12.4 Å². The van der Waals surface area contributed by atoms with Crippen molar-refractivity contribution in [1.29, 1.82) is 0 Å². The molecule has 19 heavy (non-hydrogen) atoms. The Labute approximate surface area is 118 Å². The van der Waals surface area contributed by atoms with Crippen LogP contribution in [0.2, 0.25) is 0 Å². The molecule has 1 fully saturated rings. The van der Waals surface area contributed by atoms with Gasteiger partial charge in [0.15, 0.2) is 6.29 Å². The van der Waals surface area contributed by atoms with Gasteiger partial charge in [-0.05, 0) is 13.0 Å². The molecular formula is C14H18ClN3O. The van der Waals surface area contributed by atoms with Gasteiger partial charge in [-0.15, -0.1) is 12.4 Å². The van der Waals surface area contributed by atoms with Crippen LogP contribution in [0, 0.1) is 0 Å². The second kappa shape index (κ2) is 5.33. The van der Waals surface area contributed by atoms with Crippen LogP contribution in [0.15, 0.2) is 30.5 Å². The molecule has 0 saturated carbocycles. The molecule has 3 rings (SSSR count). The quantitative estimate of drug-likeness (QED) is 0.823. The topological polar surface area (TPSA) is 46.1 Å². The molecule has 2 aromatic rings. The predicted octanol–water partition coefficient (Wildman–Crippen LogP) is 1.74. The van der Waals surface area contributed by atoms with Crippen molar-refractivity contribution in [2.75, 3.05) is 19.6 Å². The highest BCUT2D eigenvalue weighted by Gasteiger charge is 2.29. The fraction of sp³-hybridized carbons (Fsp3) is 0.357. The highest BCUT2D eigenvalue weighted by molar-refractivity contribution is 5.97. The van der Waals surface area contributed by atoms with E-state index >= 15 is 0 Å². The molecule has 1 aromatic heterocycles. The van der Waals surface area contributed by atoms with Gasteiger partial charge >= 0.3 is 0 Å². The van der Waals surface area contributed by atoms with Crippen molar-refractivity contribution < 1.29 is 4.79 Å². The monoisotopic (exact) mass is 279 g/mol. The van der Waals surface area contributed by atoms with Gasteiger partial charge in [-0.2, -0.15) is 0 Å². The van der Waals surface area contributed by atoms with Crippen LogP contribution in [0.5, 0.6) is 0 Å². The molecule has 0 spiro atoms. The minimum atomic E-state index is -0.181. The predicted molar refractivity (Wildman–Crippen MR) is 79.1 cm³/mol. The molecule has 0 bridgehead atoms. The average molecular weight is 280 g/mol. The van der Waals surface area contributed by atoms with Crippen LogP contribution in [-0.2, 0) is 5.66 Å². The summed E-state index contributed by atoms with van der Waals surface area (Å²) in [6.45, 7) is 4.92. The summed E-state index contributed by atoms with van der Waals surface area (Å²) in [5, 5.41) is 7.93. The fourth-order valence-electron chi connectivity index (χ4n) is 2.69. The van der Waals surface area contributed by atoms with Gasteiger partial charge in [-0.1, -0.05) is 18.2 Å². The third-order valence-corrected chi connectivity index (χ3v) is 3.68. The van der Waals surface area contributed by atoms with E-state index < -0.39 is 0 Å². The minimum Gasteiger partial charge on any atom is -0.327 e. The normalized spacial score (nSPS) is 23.0. The second-order valence-corrected chi connectivity index (χ2v) is 4.97. The standard InChI is InChI=1S/C14H17N3O.ClH/c1-14(10-15-6-7-16-14)17-8-11(9-18)12-4-2-3-5-13(12)17;/h2-5,8-9,15-16H,6-7,10H2,1H3;1H/t14-;/m0./s1. The lowest BCUT2D eigenvalue weighted by Gasteiger charge is -2.37. The smallest absolute Gasteiger partial charge is 0.152 e. The van der Waals surface area contributed by atoms with Crippen LogP contribution in [0.3, 0.4) is 0 Å². The molecule has 1 aliphatic rings. The Morgan fingerprint density at radius 3 is 2.79 bits per heavy atom. The van der Waals surface area contributed by atoms with Crippen molar-refractivity contribution in [3.8, 4) is 0 Å². The molecule has 0 radical (unpaired) electrons. The number of carbonyl (C=O) groups excluding carboxylic acids is 1. The van der Waals surface area contributed by atoms with Crippen molar-refractivity contribution in [3.63, 3.8) is 0 Å². The number of hydrogen-bond acceptors (Lipinski definition) is 3. The molecule has 0 aliphatic carbocycles. The molecular weight excluding hydrogens is 262 g/mol. The van der Waals surface area contributed by atoms with Crippen molar-refractivity contribution in [3.05, 3.63) is 36.0 Å². The van der Waals surface area contributed by atoms with Gasteiger partial charge in [0.1, 0.15) is 5.66 Å². The summed E-state index contributed by atoms with van der Waals surface area (Å²) in [5.41, 5.74) is 1.66. The maximum absolute atomic E-state index is 11.2. The number of piperazine rings is 1. The molecule has 5 heteroatoms. The number of hydrogen-bond donors (Lipinski definition) is 2. The molecule has 1 aliphatic heterocycles. The Kier molecular flexibility index (Phi) is 3.94. The van der Waals surface area contributed by atoms with E-state index in [0.717, 1.165) is 42.4 Å². The summed E-state index contributed by atoms with van der Waals surface area (Å²) < 4.78 is 2.16. The maximum Gasteiger partial charge on any atom is 0.152 e. The van der Waals surface area contributed by atoms with E-state index in [1.807, 2.05) is 24.4 Å². The average Bonchev–Trinajstić information content (AvgIpc) is 2.79. The van der Waals surface area contributed by atoms with Crippen LogP contribution in [0.25, 0.3) is 10.9 Å². The van der Waals surface area contributed by atoms with Gasteiger partial charge < -0.3 is 9.88 Å². The molecule has 0 unspecified atom stereocenters. The van der Waals surface area contributed by atoms with Crippen molar-refractivity contribution in [1.82, 2.24) is 15.2 Å². The zero-order chi connectivity index (χ0) is 12.6. The lowest BCUT2D eigenvalue weighted by Crippen LogP contribution is -2.58. The minimum absolute atomic E-state index is 0. The molecule has 102 valence electrons. The Morgan fingerprint density at radius 1 is 1.32 bits per heavy atom. The molecule has 1 atom stereocenters. The SMILES string of the molecule is C[C@]1(n2cc(C=O)c3ccccc32)CNCCN1.Cl. The van der Waals surface area contributed by atoms with Crippen molar-refractivity contribution >= 4 is 29.6 Å². The number of para-hydroxylation sites is 1. The highest BCUT2D eigenvalue weighted by Crippen LogP contribution is 2.26. The molecule has 2 heterocycles. The number of aromatic nitrogens is 1. The number of aldehydes is 1. The number of nitrogens with zero attached hydrogens (tertiary/aromatic N) is 1. The largest absolute Gasteiger partial charge is 0.327 e. The lowest BCUT2D eigenvalue weighted by molar-refractivity contribution is 0.112. The zero-order valence-electron chi connectivity index (χ0n) is 10.8. The van der Waals surface area contributed by atoms with E-state index in [9.17, 15) is 4.79 Å². The molecule has 4 nitrogen and oxygen atoms in total. The van der Waals surface area contributed by atoms with Crippen molar-refractivity contribution in [2.45, 2.75) is 12.6 Å². The van der Waals surface area contributed by atoms with Gasteiger partial charge in [0, 0.05) is 36.8 Å². The third kappa shape index (κ3) is 2.27. The molecule has 1 saturated heterocycles. The third-order valence-electron chi connectivity index (χ3n) is 3.68. The van der Waals surface area contributed by atoms with E-state index in [2.05, 4.69) is 28.2 Å². The van der Waals surface area contributed by atoms with Crippen LogP contribution in [-0.4, -0.2) is 30.5 Å². The van der Waals surface area contributed by atoms with E-state index in [0.29, 0.717) is 0 Å². The Bertz CT molecular complexity index is 587. The van der Waals surface area contributed by atoms with Crippen LogP contribution in [0.1, 0.15) is 17.3 Å². The Morgan fingerprint density at radius 2 is 2.11 bits per heavy atom. The van der Waals surface area contributed by atoms with E-state index in [1.54, 1.807) is 0 Å². The molecule has 1 aromatic carbocycles. The number of benzene rings is 1. The van der Waals surface area contributed by atoms with Gasteiger partial charge in [-0.3, -0.25) is 10.1 Å². The van der Waals surface area contributed by atoms with Gasteiger partial charge in [-0.25, -0.2) is 0 Å². The van der Waals surface area contributed by atoms with Crippen LogP contribution in [0.4, 0.5) is 0 Å². The number of fused-ring (bicyclic) bond motifs is 1. The molecule has 2 N–H and O–H groups in total. The number of rotatable bonds is 2. The molecule has 0 amide bonds. The first kappa shape index (κ1) is 14.1. The first-order valence-electron chi connectivity index (χ1n) is 6.26. The van der Waals surface area contributed by atoms with E-state index in [4.69, 9.17) is 0 Å².